The number of sulfonamides is 2. The molecule has 2 aromatic carbocycles. The molecule has 0 unspecified atom stereocenters. The van der Waals surface area contributed by atoms with Crippen LogP contribution in [0.3, 0.4) is 0 Å². The van der Waals surface area contributed by atoms with Gasteiger partial charge in [0, 0.05) is 18.0 Å². The van der Waals surface area contributed by atoms with Gasteiger partial charge in [-0.05, 0) is 53.9 Å². The van der Waals surface area contributed by atoms with Crippen molar-refractivity contribution >= 4 is 42.8 Å². The van der Waals surface area contributed by atoms with Crippen LogP contribution < -0.4 is 15.6 Å². The first kappa shape index (κ1) is 25.4. The number of halogens is 2. The van der Waals surface area contributed by atoms with Gasteiger partial charge < -0.3 is 10.4 Å². The molecule has 0 amide bonds. The van der Waals surface area contributed by atoms with E-state index in [2.05, 4.69) is 14.4 Å². The number of pyridine rings is 2. The highest BCUT2D eigenvalue weighted by molar-refractivity contribution is 7.92. The Morgan fingerprint density at radius 3 is 2.45 bits per heavy atom. The minimum absolute atomic E-state index is 0.0193. The summed E-state index contributed by atoms with van der Waals surface area (Å²) in [5, 5.41) is 13.4. The van der Waals surface area contributed by atoms with Gasteiger partial charge in [-0.25, -0.2) is 17.2 Å². The van der Waals surface area contributed by atoms with E-state index in [-0.39, 0.29) is 28.2 Å². The zero-order valence-electron chi connectivity index (χ0n) is 19.4. The van der Waals surface area contributed by atoms with E-state index in [1.807, 2.05) is 0 Å². The van der Waals surface area contributed by atoms with Crippen LogP contribution in [0.15, 0.2) is 74.9 Å². The molecule has 0 radical (unpaired) electrons. The molecule has 0 spiro atoms. The Kier molecular flexibility index (Phi) is 5.95. The standard InChI is InChI=1S/C24H18F2N4O6S2/c1-37(33,34)28-17-6-7-18-21(10-17)38(35,36)29-23(27-18)22-20(31)11-19-14(8-13-2-4-15(25)5-3-13)9-16(26)12-30(19)24(22)32/h2-7,9-12,28,31H,8H2,1H3,(H,27,29). The van der Waals surface area contributed by atoms with Crippen molar-refractivity contribution in [3.63, 3.8) is 0 Å². The van der Waals surface area contributed by atoms with Crippen molar-refractivity contribution in [1.29, 1.82) is 0 Å². The summed E-state index contributed by atoms with van der Waals surface area (Å²) in [6, 6.07) is 11.5. The van der Waals surface area contributed by atoms with E-state index >= 15 is 0 Å². The number of nitrogens with zero attached hydrogens (tertiary/aromatic N) is 2. The average Bonchev–Trinajstić information content (AvgIpc) is 2.80. The molecule has 0 saturated heterocycles. The summed E-state index contributed by atoms with van der Waals surface area (Å²) in [6.07, 6.45) is 1.91. The molecule has 3 N–H and O–H groups in total. The molecule has 0 aliphatic carbocycles. The quantitative estimate of drug-likeness (QED) is 0.340. The average molecular weight is 561 g/mol. The van der Waals surface area contributed by atoms with Crippen LogP contribution in [0.25, 0.3) is 5.52 Å². The summed E-state index contributed by atoms with van der Waals surface area (Å²) < 4.78 is 83.3. The Balaban J connectivity index is 1.61. The predicted octanol–water partition coefficient (Wildman–Crippen LogP) is 2.81. The monoisotopic (exact) mass is 560 g/mol. The van der Waals surface area contributed by atoms with Crippen LogP contribution in [0.5, 0.6) is 5.75 Å². The van der Waals surface area contributed by atoms with Crippen LogP contribution in [-0.4, -0.2) is 38.4 Å². The molecule has 5 rings (SSSR count). The molecule has 0 saturated carbocycles. The van der Waals surface area contributed by atoms with Crippen molar-refractivity contribution < 1.29 is 30.7 Å². The van der Waals surface area contributed by atoms with Gasteiger partial charge >= 0.3 is 0 Å². The van der Waals surface area contributed by atoms with E-state index in [9.17, 15) is 35.5 Å². The summed E-state index contributed by atoms with van der Waals surface area (Å²) in [7, 11) is -8.12. The number of amidine groups is 1. The van der Waals surface area contributed by atoms with E-state index in [0.29, 0.717) is 11.1 Å². The number of fused-ring (bicyclic) bond motifs is 2. The Bertz CT molecular complexity index is 1940. The normalized spacial score (nSPS) is 14.4. The van der Waals surface area contributed by atoms with Crippen LogP contribution in [0.1, 0.15) is 16.7 Å². The number of hydrogen-bond acceptors (Lipinski definition) is 7. The Labute approximate surface area is 215 Å². The summed E-state index contributed by atoms with van der Waals surface area (Å²) in [5.41, 5.74) is -0.410. The Morgan fingerprint density at radius 2 is 1.76 bits per heavy atom. The van der Waals surface area contributed by atoms with Crippen LogP contribution in [-0.2, 0) is 26.5 Å². The minimum Gasteiger partial charge on any atom is -0.507 e. The maximum Gasteiger partial charge on any atom is 0.286 e. The van der Waals surface area contributed by atoms with Gasteiger partial charge in [-0.15, -0.1) is 4.40 Å². The van der Waals surface area contributed by atoms with Gasteiger partial charge in [-0.2, -0.15) is 8.42 Å². The van der Waals surface area contributed by atoms with E-state index in [1.165, 1.54) is 48.5 Å². The first-order chi connectivity index (χ1) is 17.8. The highest BCUT2D eigenvalue weighted by Gasteiger charge is 2.29. The number of nitrogens with one attached hydrogen (secondary N) is 2. The van der Waals surface area contributed by atoms with Crippen molar-refractivity contribution in [3.05, 3.63) is 99.5 Å². The van der Waals surface area contributed by atoms with Gasteiger partial charge in [-0.1, -0.05) is 12.1 Å². The number of hydrogen-bond donors (Lipinski definition) is 3. The molecule has 10 nitrogen and oxygen atoms in total. The van der Waals surface area contributed by atoms with Gasteiger partial charge in [0.15, 0.2) is 5.84 Å². The third-order valence-corrected chi connectivity index (χ3v) is 7.61. The zero-order valence-corrected chi connectivity index (χ0v) is 21.1. The van der Waals surface area contributed by atoms with Crippen LogP contribution in [0.4, 0.5) is 20.2 Å². The van der Waals surface area contributed by atoms with Crippen molar-refractivity contribution in [2.24, 2.45) is 4.40 Å². The SMILES string of the molecule is CS(=O)(=O)Nc1ccc2c(c1)S(=O)(=O)N=C(c1c(O)cc3c(Cc4ccc(F)cc4)cc(F)cn3c1=O)N2. The van der Waals surface area contributed by atoms with Gasteiger partial charge in [0.25, 0.3) is 15.6 Å². The second-order valence-electron chi connectivity index (χ2n) is 8.58. The lowest BCUT2D eigenvalue weighted by Gasteiger charge is -2.20. The maximum atomic E-state index is 14.5. The van der Waals surface area contributed by atoms with Crippen LogP contribution in [0, 0.1) is 11.6 Å². The maximum absolute atomic E-state index is 14.5. The molecular weight excluding hydrogens is 542 g/mol. The first-order valence-corrected chi connectivity index (χ1v) is 14.2. The first-order valence-electron chi connectivity index (χ1n) is 10.9. The summed E-state index contributed by atoms with van der Waals surface area (Å²) in [4.78, 5) is 13.0. The topological polar surface area (TPSA) is 146 Å². The minimum atomic E-state index is -4.44. The van der Waals surface area contributed by atoms with Gasteiger partial charge in [-0.3, -0.25) is 13.9 Å². The van der Waals surface area contributed by atoms with Crippen LogP contribution in [0.2, 0.25) is 0 Å². The number of anilines is 2. The highest BCUT2D eigenvalue weighted by Crippen LogP contribution is 2.32. The number of rotatable bonds is 5. The van der Waals surface area contributed by atoms with Gasteiger partial charge in [0.2, 0.25) is 10.0 Å². The number of benzene rings is 2. The molecule has 38 heavy (non-hydrogen) atoms. The third kappa shape index (κ3) is 4.82. The molecule has 14 heteroatoms. The molecule has 1 aliphatic rings. The van der Waals surface area contributed by atoms with Crippen molar-refractivity contribution in [3.8, 4) is 5.75 Å². The molecule has 196 valence electrons. The fraction of sp³-hybridized carbons (Fsp3) is 0.0833. The molecule has 0 bridgehead atoms. The molecular formula is C24H18F2N4O6S2. The van der Waals surface area contributed by atoms with Crippen molar-refractivity contribution in [1.82, 2.24) is 4.40 Å². The van der Waals surface area contributed by atoms with E-state index < -0.39 is 54.4 Å². The molecule has 1 aliphatic heterocycles. The van der Waals surface area contributed by atoms with Gasteiger partial charge in [0.1, 0.15) is 27.8 Å². The third-order valence-electron chi connectivity index (χ3n) is 5.69. The predicted molar refractivity (Wildman–Crippen MR) is 137 cm³/mol. The fourth-order valence-corrected chi connectivity index (χ4v) is 5.82. The molecule has 4 aromatic rings. The van der Waals surface area contributed by atoms with E-state index in [0.717, 1.165) is 22.9 Å². The fourth-order valence-electron chi connectivity index (χ4n) is 4.12. The smallest absolute Gasteiger partial charge is 0.286 e. The molecule has 0 atom stereocenters. The molecule has 3 heterocycles. The summed E-state index contributed by atoms with van der Waals surface area (Å²) in [6.45, 7) is 0. The largest absolute Gasteiger partial charge is 0.507 e. The summed E-state index contributed by atoms with van der Waals surface area (Å²) >= 11 is 0. The van der Waals surface area contributed by atoms with E-state index in [1.54, 1.807) is 0 Å². The Hall–Kier alpha value is -4.30. The number of aromatic nitrogens is 1. The molecule has 0 fully saturated rings. The Morgan fingerprint density at radius 1 is 1.05 bits per heavy atom. The highest BCUT2D eigenvalue weighted by atomic mass is 32.2. The lowest BCUT2D eigenvalue weighted by atomic mass is 10.0. The lowest BCUT2D eigenvalue weighted by molar-refractivity contribution is 0.472. The molecule has 2 aromatic heterocycles. The lowest BCUT2D eigenvalue weighted by Crippen LogP contribution is -2.30. The second-order valence-corrected chi connectivity index (χ2v) is 11.9. The van der Waals surface area contributed by atoms with Crippen LogP contribution >= 0.6 is 0 Å². The number of aromatic hydroxyl groups is 1. The second kappa shape index (κ2) is 8.92. The van der Waals surface area contributed by atoms with Gasteiger partial charge in [0.05, 0.1) is 17.5 Å². The van der Waals surface area contributed by atoms with E-state index in [4.69, 9.17) is 0 Å². The van der Waals surface area contributed by atoms with Crippen molar-refractivity contribution in [2.75, 3.05) is 16.3 Å². The zero-order chi connectivity index (χ0) is 27.4. The summed E-state index contributed by atoms with van der Waals surface area (Å²) in [5.74, 6) is -2.32. The van der Waals surface area contributed by atoms with Crippen molar-refractivity contribution in [2.45, 2.75) is 11.3 Å².